The third-order valence-electron chi connectivity index (χ3n) is 2.85. The van der Waals surface area contributed by atoms with E-state index in [4.69, 9.17) is 5.73 Å². The molecule has 0 aliphatic heterocycles. The molecule has 0 aliphatic carbocycles. The topological polar surface area (TPSA) is 43.8 Å². The summed E-state index contributed by atoms with van der Waals surface area (Å²) in [6, 6.07) is 12.5. The number of para-hydroxylation sites is 1. The molecule has 2 aromatic heterocycles. The van der Waals surface area contributed by atoms with E-state index in [1.54, 1.807) is 11.3 Å². The monoisotopic (exact) mass is 257 g/mol. The number of fused-ring (bicyclic) bond motifs is 1. The predicted octanol–water partition coefficient (Wildman–Crippen LogP) is 2.98. The highest BCUT2D eigenvalue weighted by Gasteiger charge is 2.09. The number of rotatable bonds is 3. The highest BCUT2D eigenvalue weighted by molar-refractivity contribution is 7.20. The first kappa shape index (κ1) is 11.4. The molecule has 0 saturated heterocycles. The van der Waals surface area contributed by atoms with Crippen molar-refractivity contribution >= 4 is 21.6 Å². The van der Waals surface area contributed by atoms with Gasteiger partial charge in [0, 0.05) is 24.4 Å². The molecule has 3 nitrogen and oxygen atoms in total. The molecule has 1 aromatic carbocycles. The van der Waals surface area contributed by atoms with E-state index in [-0.39, 0.29) is 6.04 Å². The van der Waals surface area contributed by atoms with Crippen LogP contribution in [0.4, 0.5) is 0 Å². The maximum Gasteiger partial charge on any atom is 0.194 e. The van der Waals surface area contributed by atoms with Crippen LogP contribution >= 0.6 is 11.3 Å². The summed E-state index contributed by atoms with van der Waals surface area (Å²) in [5.41, 5.74) is 8.14. The van der Waals surface area contributed by atoms with Crippen LogP contribution in [0.1, 0.15) is 12.6 Å². The number of aromatic nitrogens is 2. The molecule has 2 N–H and O–H groups in total. The standard InChI is InChI=1S/C14H15N3S/c1-10(15)9-11-5-4-8-17(11)14-16-12-6-2-3-7-13(12)18-14/h2-8,10H,9,15H2,1H3. The maximum atomic E-state index is 5.88. The van der Waals surface area contributed by atoms with Gasteiger partial charge in [0.15, 0.2) is 5.13 Å². The Kier molecular flexibility index (Phi) is 2.89. The zero-order valence-electron chi connectivity index (χ0n) is 10.2. The Morgan fingerprint density at radius 2 is 2.11 bits per heavy atom. The summed E-state index contributed by atoms with van der Waals surface area (Å²) < 4.78 is 3.35. The number of nitrogens with two attached hydrogens (primary N) is 1. The minimum absolute atomic E-state index is 0.160. The van der Waals surface area contributed by atoms with E-state index in [0.29, 0.717) is 0 Å². The zero-order valence-corrected chi connectivity index (χ0v) is 11.0. The van der Waals surface area contributed by atoms with Crippen molar-refractivity contribution in [3.05, 3.63) is 48.3 Å². The lowest BCUT2D eigenvalue weighted by Gasteiger charge is -2.07. The van der Waals surface area contributed by atoms with E-state index < -0.39 is 0 Å². The van der Waals surface area contributed by atoms with Crippen LogP contribution in [0.3, 0.4) is 0 Å². The maximum absolute atomic E-state index is 5.88. The highest BCUT2D eigenvalue weighted by atomic mass is 32.1. The second-order valence-corrected chi connectivity index (χ2v) is 5.52. The molecule has 2 heterocycles. The Bertz CT molecular complexity index is 633. The predicted molar refractivity (Wildman–Crippen MR) is 76.3 cm³/mol. The SMILES string of the molecule is CC(N)Cc1cccn1-c1nc2ccccc2s1. The lowest BCUT2D eigenvalue weighted by molar-refractivity contribution is 0.709. The van der Waals surface area contributed by atoms with E-state index in [9.17, 15) is 0 Å². The molecular weight excluding hydrogens is 242 g/mol. The Morgan fingerprint density at radius 1 is 1.28 bits per heavy atom. The Balaban J connectivity index is 2.06. The van der Waals surface area contributed by atoms with E-state index in [1.807, 2.05) is 31.2 Å². The Labute approximate surface area is 110 Å². The molecule has 0 radical (unpaired) electrons. The molecule has 0 amide bonds. The summed E-state index contributed by atoms with van der Waals surface area (Å²) in [5.74, 6) is 0. The van der Waals surface area contributed by atoms with Crippen molar-refractivity contribution in [1.29, 1.82) is 0 Å². The fourth-order valence-corrected chi connectivity index (χ4v) is 3.04. The van der Waals surface area contributed by atoms with E-state index >= 15 is 0 Å². The van der Waals surface area contributed by atoms with Crippen LogP contribution in [0.5, 0.6) is 0 Å². The molecule has 0 spiro atoms. The van der Waals surface area contributed by atoms with Crippen molar-refractivity contribution in [3.63, 3.8) is 0 Å². The number of nitrogens with zero attached hydrogens (tertiary/aromatic N) is 2. The van der Waals surface area contributed by atoms with Crippen molar-refractivity contribution in [1.82, 2.24) is 9.55 Å². The summed E-state index contributed by atoms with van der Waals surface area (Å²) in [7, 11) is 0. The second-order valence-electron chi connectivity index (χ2n) is 4.52. The fourth-order valence-electron chi connectivity index (χ4n) is 2.06. The van der Waals surface area contributed by atoms with Crippen LogP contribution in [0.25, 0.3) is 15.3 Å². The fraction of sp³-hybridized carbons (Fsp3) is 0.214. The van der Waals surface area contributed by atoms with Gasteiger partial charge in [-0.3, -0.25) is 4.57 Å². The van der Waals surface area contributed by atoms with Gasteiger partial charge in [-0.05, 0) is 31.2 Å². The second kappa shape index (κ2) is 4.55. The first-order valence-corrected chi connectivity index (χ1v) is 6.83. The van der Waals surface area contributed by atoms with Gasteiger partial charge in [-0.2, -0.15) is 0 Å². The normalized spacial score (nSPS) is 13.0. The summed E-state index contributed by atoms with van der Waals surface area (Å²) in [6.07, 6.45) is 2.92. The molecule has 92 valence electrons. The summed E-state index contributed by atoms with van der Waals surface area (Å²) in [4.78, 5) is 4.66. The van der Waals surface area contributed by atoms with Crippen LogP contribution in [0, 0.1) is 0 Å². The molecule has 0 fully saturated rings. The minimum Gasteiger partial charge on any atom is -0.328 e. The molecule has 1 unspecified atom stereocenters. The molecule has 1 atom stereocenters. The smallest absolute Gasteiger partial charge is 0.194 e. The van der Waals surface area contributed by atoms with Gasteiger partial charge >= 0.3 is 0 Å². The van der Waals surface area contributed by atoms with E-state index in [2.05, 4.69) is 27.9 Å². The average Bonchev–Trinajstić information content (AvgIpc) is 2.93. The minimum atomic E-state index is 0.160. The van der Waals surface area contributed by atoms with Gasteiger partial charge in [-0.1, -0.05) is 23.5 Å². The zero-order chi connectivity index (χ0) is 12.5. The number of thiazole rings is 1. The van der Waals surface area contributed by atoms with Crippen LogP contribution in [0.2, 0.25) is 0 Å². The number of hydrogen-bond acceptors (Lipinski definition) is 3. The van der Waals surface area contributed by atoms with Crippen molar-refractivity contribution in [2.45, 2.75) is 19.4 Å². The molecule has 4 heteroatoms. The molecule has 3 aromatic rings. The third-order valence-corrected chi connectivity index (χ3v) is 3.89. The van der Waals surface area contributed by atoms with E-state index in [0.717, 1.165) is 17.1 Å². The summed E-state index contributed by atoms with van der Waals surface area (Å²) in [5, 5.41) is 1.01. The molecular formula is C14H15N3S. The molecule has 0 saturated carbocycles. The Hall–Kier alpha value is -1.65. The van der Waals surface area contributed by atoms with Crippen molar-refractivity contribution in [3.8, 4) is 5.13 Å². The van der Waals surface area contributed by atoms with Crippen LogP contribution in [-0.4, -0.2) is 15.6 Å². The van der Waals surface area contributed by atoms with Gasteiger partial charge in [-0.25, -0.2) is 4.98 Å². The van der Waals surface area contributed by atoms with Gasteiger partial charge < -0.3 is 5.73 Å². The summed E-state index contributed by atoms with van der Waals surface area (Å²) >= 11 is 1.71. The van der Waals surface area contributed by atoms with Crippen LogP contribution in [-0.2, 0) is 6.42 Å². The van der Waals surface area contributed by atoms with E-state index in [1.165, 1.54) is 10.4 Å². The highest BCUT2D eigenvalue weighted by Crippen LogP contribution is 2.25. The molecule has 3 rings (SSSR count). The number of benzene rings is 1. The van der Waals surface area contributed by atoms with Crippen molar-refractivity contribution in [2.75, 3.05) is 0 Å². The number of hydrogen-bond donors (Lipinski definition) is 1. The lowest BCUT2D eigenvalue weighted by atomic mass is 10.2. The van der Waals surface area contributed by atoms with Gasteiger partial charge in [0.1, 0.15) is 0 Å². The van der Waals surface area contributed by atoms with Gasteiger partial charge in [-0.15, -0.1) is 0 Å². The largest absolute Gasteiger partial charge is 0.328 e. The summed E-state index contributed by atoms with van der Waals surface area (Å²) in [6.45, 7) is 2.02. The van der Waals surface area contributed by atoms with Crippen molar-refractivity contribution in [2.24, 2.45) is 5.73 Å². The third kappa shape index (κ3) is 2.05. The quantitative estimate of drug-likeness (QED) is 0.784. The lowest BCUT2D eigenvalue weighted by Crippen LogP contribution is -2.19. The first-order chi connectivity index (χ1) is 8.74. The molecule has 18 heavy (non-hydrogen) atoms. The molecule has 0 aliphatic rings. The first-order valence-electron chi connectivity index (χ1n) is 6.02. The average molecular weight is 257 g/mol. The van der Waals surface area contributed by atoms with Gasteiger partial charge in [0.2, 0.25) is 0 Å². The molecule has 0 bridgehead atoms. The van der Waals surface area contributed by atoms with Gasteiger partial charge in [0.25, 0.3) is 0 Å². The Morgan fingerprint density at radius 3 is 2.89 bits per heavy atom. The van der Waals surface area contributed by atoms with Crippen LogP contribution in [0.15, 0.2) is 42.6 Å². The van der Waals surface area contributed by atoms with Gasteiger partial charge in [0.05, 0.1) is 10.2 Å². The van der Waals surface area contributed by atoms with Crippen molar-refractivity contribution < 1.29 is 0 Å². The van der Waals surface area contributed by atoms with Crippen LogP contribution < -0.4 is 5.73 Å².